The first-order valence-corrected chi connectivity index (χ1v) is 12.1. The Kier molecular flexibility index (Phi) is 11.2. The van der Waals surface area contributed by atoms with E-state index in [4.69, 9.17) is 14.6 Å². The third kappa shape index (κ3) is 8.91. The fraction of sp³-hybridized carbons (Fsp3) is 0.684. The van der Waals surface area contributed by atoms with Crippen molar-refractivity contribution >= 4 is 21.9 Å². The molecule has 0 aromatic heterocycles. The summed E-state index contributed by atoms with van der Waals surface area (Å²) in [5.41, 5.74) is 0. The highest BCUT2D eigenvalue weighted by Crippen LogP contribution is 2.25. The van der Waals surface area contributed by atoms with Gasteiger partial charge < -0.3 is 35.2 Å². The number of carbonyl (C=O) groups excluding carboxylic acids is 1. The van der Waals surface area contributed by atoms with Crippen LogP contribution in [0.1, 0.15) is 20.8 Å². The number of aliphatic hydroxyl groups is 3. The number of carboxylic acids is 1. The number of nitrogens with one attached hydrogen (secondary N) is 2. The minimum Gasteiger partial charge on any atom is -0.492 e. The molecular weight excluding hydrogens is 462 g/mol. The molecule has 0 fully saturated rings. The van der Waals surface area contributed by atoms with Gasteiger partial charge >= 0.3 is 5.97 Å². The number of aliphatic carboxylic acids is 1. The lowest BCUT2D eigenvalue weighted by molar-refractivity contribution is -0.149. The summed E-state index contributed by atoms with van der Waals surface area (Å²) in [4.78, 5) is 25.0. The van der Waals surface area contributed by atoms with E-state index >= 15 is 0 Å². The van der Waals surface area contributed by atoms with Gasteiger partial charge in [-0.1, -0.05) is 13.8 Å². The molecule has 1 heterocycles. The van der Waals surface area contributed by atoms with Gasteiger partial charge in [-0.3, -0.25) is 9.69 Å². The summed E-state index contributed by atoms with van der Waals surface area (Å²) >= 11 is 0. The molecule has 1 aliphatic rings. The van der Waals surface area contributed by atoms with Gasteiger partial charge in [-0.2, -0.15) is 4.72 Å². The smallest absolute Gasteiger partial charge is 0.370 e. The molecule has 1 amide bonds. The van der Waals surface area contributed by atoms with Crippen molar-refractivity contribution in [1.29, 1.82) is 0 Å². The first-order chi connectivity index (χ1) is 15.3. The van der Waals surface area contributed by atoms with Crippen LogP contribution in [0.2, 0.25) is 0 Å². The highest BCUT2D eigenvalue weighted by molar-refractivity contribution is 7.88. The van der Waals surface area contributed by atoms with Crippen LogP contribution in [0, 0.1) is 0 Å². The van der Waals surface area contributed by atoms with Gasteiger partial charge in [-0.15, -0.1) is 0 Å². The lowest BCUT2D eigenvalue weighted by atomic mass is 9.93. The Bertz CT molecular complexity index is 828. The van der Waals surface area contributed by atoms with Gasteiger partial charge in [0.1, 0.15) is 24.4 Å². The van der Waals surface area contributed by atoms with Crippen LogP contribution >= 0.6 is 0 Å². The van der Waals surface area contributed by atoms with Crippen molar-refractivity contribution in [1.82, 2.24) is 14.9 Å². The summed E-state index contributed by atoms with van der Waals surface area (Å²) < 4.78 is 36.8. The van der Waals surface area contributed by atoms with Gasteiger partial charge in [0, 0.05) is 13.0 Å². The summed E-state index contributed by atoms with van der Waals surface area (Å²) in [6.45, 7) is 5.03. The van der Waals surface area contributed by atoms with Crippen LogP contribution in [-0.2, 0) is 29.1 Å². The van der Waals surface area contributed by atoms with Crippen molar-refractivity contribution in [3.05, 3.63) is 24.2 Å². The second kappa shape index (κ2) is 12.9. The fourth-order valence-corrected chi connectivity index (χ4v) is 3.90. The zero-order valence-electron chi connectivity index (χ0n) is 18.9. The number of hydrogen-bond donors (Lipinski definition) is 6. The van der Waals surface area contributed by atoms with Crippen molar-refractivity contribution in [2.24, 2.45) is 0 Å². The highest BCUT2D eigenvalue weighted by atomic mass is 32.2. The van der Waals surface area contributed by atoms with Crippen LogP contribution in [-0.4, -0.2) is 108 Å². The number of aliphatic hydroxyl groups excluding tert-OH is 3. The predicted molar refractivity (Wildman–Crippen MR) is 116 cm³/mol. The zero-order chi connectivity index (χ0) is 25.3. The lowest BCUT2D eigenvalue weighted by Gasteiger charge is -2.39. The molecule has 0 radical (unpaired) electrons. The normalized spacial score (nSPS) is 24.0. The summed E-state index contributed by atoms with van der Waals surface area (Å²) in [5.74, 6) is -2.63. The number of nitrogens with zero attached hydrogens (tertiary/aromatic N) is 1. The van der Waals surface area contributed by atoms with Crippen LogP contribution in [0.25, 0.3) is 0 Å². The standard InChI is InChI=1S/C19H33N3O10S/c1-5-22(6-2)15(21-33(4,29)30)7-8-31-13-9-14(19(27)28)32-18(16(13)20-11(3)24)17(26)12(25)10-23/h7-9,12-13,15-18,21,23,25-26H,5-6,10H2,1-4H3,(H,20,24)(H,27,28)/b8-7+/t12-,13+,15?,16-,17-,18-/m1/s1. The van der Waals surface area contributed by atoms with E-state index in [2.05, 4.69) is 10.0 Å². The van der Waals surface area contributed by atoms with E-state index in [1.807, 2.05) is 13.8 Å². The number of ether oxygens (including phenoxy) is 2. The zero-order valence-corrected chi connectivity index (χ0v) is 19.7. The second-order valence-corrected chi connectivity index (χ2v) is 9.15. The van der Waals surface area contributed by atoms with E-state index in [1.54, 1.807) is 4.90 Å². The maximum absolute atomic E-state index is 11.7. The molecule has 0 bridgehead atoms. The Morgan fingerprint density at radius 2 is 1.91 bits per heavy atom. The number of carbonyl (C=O) groups is 2. The first kappa shape index (κ1) is 28.8. The van der Waals surface area contributed by atoms with Gasteiger partial charge in [0.15, 0.2) is 6.10 Å². The monoisotopic (exact) mass is 495 g/mol. The molecule has 1 aliphatic heterocycles. The van der Waals surface area contributed by atoms with Crippen molar-refractivity contribution in [3.63, 3.8) is 0 Å². The number of amides is 1. The van der Waals surface area contributed by atoms with Crippen LogP contribution in [0.15, 0.2) is 24.2 Å². The predicted octanol–water partition coefficient (Wildman–Crippen LogP) is -2.31. The average Bonchev–Trinajstić information content (AvgIpc) is 2.72. The number of likely N-dealkylation sites (N-methyl/N-ethyl adjacent to an activating group) is 1. The van der Waals surface area contributed by atoms with E-state index in [-0.39, 0.29) is 0 Å². The van der Waals surface area contributed by atoms with Gasteiger partial charge in [0.25, 0.3) is 0 Å². The van der Waals surface area contributed by atoms with E-state index < -0.39 is 70.9 Å². The van der Waals surface area contributed by atoms with Gasteiger partial charge in [0.05, 0.1) is 25.3 Å². The summed E-state index contributed by atoms with van der Waals surface area (Å²) in [5, 5.41) is 41.2. The molecule has 190 valence electrons. The van der Waals surface area contributed by atoms with Gasteiger partial charge in [0.2, 0.25) is 21.7 Å². The Labute approximate surface area is 192 Å². The molecule has 6 atom stereocenters. The Morgan fingerprint density at radius 3 is 2.36 bits per heavy atom. The summed E-state index contributed by atoms with van der Waals surface area (Å²) in [7, 11) is -3.57. The maximum Gasteiger partial charge on any atom is 0.370 e. The van der Waals surface area contributed by atoms with Crippen LogP contribution in [0.4, 0.5) is 0 Å². The van der Waals surface area contributed by atoms with E-state index in [1.165, 1.54) is 13.0 Å². The van der Waals surface area contributed by atoms with Crippen LogP contribution < -0.4 is 10.0 Å². The lowest BCUT2D eigenvalue weighted by Crippen LogP contribution is -2.60. The third-order valence-corrected chi connectivity index (χ3v) is 5.49. The third-order valence-electron chi connectivity index (χ3n) is 4.82. The van der Waals surface area contributed by atoms with Crippen molar-refractivity contribution in [3.8, 4) is 0 Å². The fourth-order valence-electron chi connectivity index (χ4n) is 3.24. The van der Waals surface area contributed by atoms with Crippen LogP contribution in [0.3, 0.4) is 0 Å². The molecule has 33 heavy (non-hydrogen) atoms. The molecule has 14 heteroatoms. The molecule has 13 nitrogen and oxygen atoms in total. The number of sulfonamides is 1. The Balaban J connectivity index is 3.28. The number of rotatable bonds is 13. The molecule has 0 saturated heterocycles. The summed E-state index contributed by atoms with van der Waals surface area (Å²) in [6.07, 6.45) is -2.24. The molecule has 1 rings (SSSR count). The van der Waals surface area contributed by atoms with Gasteiger partial charge in [-0.25, -0.2) is 13.2 Å². The molecule has 0 aromatic carbocycles. The largest absolute Gasteiger partial charge is 0.492 e. The van der Waals surface area contributed by atoms with Crippen LogP contribution in [0.5, 0.6) is 0 Å². The molecule has 1 unspecified atom stereocenters. The minimum atomic E-state index is -3.57. The molecular formula is C19H33N3O10S. The first-order valence-electron chi connectivity index (χ1n) is 10.2. The van der Waals surface area contributed by atoms with E-state index in [0.29, 0.717) is 13.1 Å². The van der Waals surface area contributed by atoms with Crippen molar-refractivity contribution in [2.75, 3.05) is 26.0 Å². The van der Waals surface area contributed by atoms with Crippen molar-refractivity contribution in [2.45, 2.75) is 57.4 Å². The topological polar surface area (TPSA) is 195 Å². The molecule has 0 aliphatic carbocycles. The molecule has 6 N–H and O–H groups in total. The Hall–Kier alpha value is -2.23. The number of hydrogen-bond acceptors (Lipinski definition) is 10. The quantitative estimate of drug-likeness (QED) is 0.119. The van der Waals surface area contributed by atoms with Gasteiger partial charge in [-0.05, 0) is 19.2 Å². The highest BCUT2D eigenvalue weighted by Gasteiger charge is 2.44. The molecule has 0 saturated carbocycles. The summed E-state index contributed by atoms with van der Waals surface area (Å²) in [6, 6.07) is -1.15. The molecule has 0 aromatic rings. The molecule has 0 spiro atoms. The average molecular weight is 496 g/mol. The number of carboxylic acid groups (broad SMARTS) is 1. The SMILES string of the molecule is CCN(CC)C(/C=C/O[C@H]1C=C(C(=O)O)O[C@@H]([C@H](O)[C@H](O)CO)[C@@H]1NC(C)=O)NS(C)(=O)=O. The van der Waals surface area contributed by atoms with Crippen molar-refractivity contribution < 1.29 is 47.9 Å². The Morgan fingerprint density at radius 1 is 1.30 bits per heavy atom. The second-order valence-electron chi connectivity index (χ2n) is 7.37. The minimum absolute atomic E-state index is 0.510. The van der Waals surface area contributed by atoms with E-state index in [0.717, 1.165) is 18.6 Å². The van der Waals surface area contributed by atoms with E-state index in [9.17, 15) is 33.3 Å². The maximum atomic E-state index is 11.7.